The van der Waals surface area contributed by atoms with Gasteiger partial charge in [-0.15, -0.1) is 0 Å². The maximum Gasteiger partial charge on any atom is 0.407 e. The number of fused-ring (bicyclic) bond motifs is 5. The summed E-state index contributed by atoms with van der Waals surface area (Å²) >= 11 is 0. The van der Waals surface area contributed by atoms with Crippen molar-refractivity contribution >= 4 is 17.7 Å². The maximum atomic E-state index is 14.4. The van der Waals surface area contributed by atoms with Crippen LogP contribution in [-0.4, -0.2) is 54.4 Å². The van der Waals surface area contributed by atoms with Crippen molar-refractivity contribution in [3.8, 4) is 11.5 Å². The van der Waals surface area contributed by atoms with Crippen molar-refractivity contribution < 1.29 is 24.2 Å². The highest BCUT2D eigenvalue weighted by atomic mass is 16.5. The number of carboxylic acid groups (broad SMARTS) is 1. The Kier molecular flexibility index (Phi) is 5.15. The minimum atomic E-state index is -0.870. The third-order valence-electron chi connectivity index (χ3n) is 8.97. The fourth-order valence-corrected chi connectivity index (χ4v) is 6.88. The molecule has 0 radical (unpaired) electrons. The molecule has 0 aliphatic carbocycles. The summed E-state index contributed by atoms with van der Waals surface area (Å²) < 4.78 is 12.1. The monoisotopic (exact) mass is 504 g/mol. The van der Waals surface area contributed by atoms with Crippen LogP contribution in [0.3, 0.4) is 0 Å². The molecule has 3 atom stereocenters. The molecule has 2 aromatic carbocycles. The van der Waals surface area contributed by atoms with Crippen LogP contribution in [0.5, 0.6) is 11.5 Å². The number of anilines is 1. The molecule has 6 rings (SSSR count). The van der Waals surface area contributed by atoms with Gasteiger partial charge >= 0.3 is 6.09 Å². The first-order valence-electron chi connectivity index (χ1n) is 13.3. The van der Waals surface area contributed by atoms with Gasteiger partial charge in [-0.2, -0.15) is 0 Å². The molecule has 1 saturated heterocycles. The molecule has 1 spiro atoms. The summed E-state index contributed by atoms with van der Waals surface area (Å²) in [5, 5.41) is 9.79. The number of amides is 2. The van der Waals surface area contributed by atoms with Crippen LogP contribution in [0.4, 0.5) is 10.5 Å². The molecule has 1 N–H and O–H groups in total. The molecule has 196 valence electrons. The molecule has 1 fully saturated rings. The van der Waals surface area contributed by atoms with Gasteiger partial charge in [0.15, 0.2) is 0 Å². The van der Waals surface area contributed by atoms with E-state index in [1.54, 1.807) is 4.90 Å². The number of nitrogens with zero attached hydrogens (tertiary/aromatic N) is 2. The molecule has 4 aliphatic heterocycles. The smallest absolute Gasteiger partial charge is 0.407 e. The van der Waals surface area contributed by atoms with Crippen LogP contribution in [0.15, 0.2) is 36.4 Å². The van der Waals surface area contributed by atoms with Crippen molar-refractivity contribution in [3.05, 3.63) is 53.1 Å². The van der Waals surface area contributed by atoms with Crippen LogP contribution in [0.25, 0.3) is 0 Å². The van der Waals surface area contributed by atoms with E-state index < -0.39 is 11.5 Å². The number of likely N-dealkylation sites (tertiary alicyclic amines) is 1. The largest absolute Gasteiger partial charge is 0.492 e. The number of hydrogen-bond donors (Lipinski definition) is 1. The van der Waals surface area contributed by atoms with Gasteiger partial charge in [0.1, 0.15) is 23.5 Å². The van der Waals surface area contributed by atoms with Crippen LogP contribution in [0.1, 0.15) is 64.2 Å². The van der Waals surface area contributed by atoms with Crippen LogP contribution in [0, 0.1) is 11.3 Å². The molecular formula is C30H36N2O5. The molecule has 4 aliphatic rings. The fraction of sp³-hybridized carbons (Fsp3) is 0.533. The maximum absolute atomic E-state index is 14.4. The second kappa shape index (κ2) is 7.89. The summed E-state index contributed by atoms with van der Waals surface area (Å²) in [5.41, 5.74) is 2.80. The van der Waals surface area contributed by atoms with Gasteiger partial charge in [-0.05, 0) is 41.9 Å². The zero-order chi connectivity index (χ0) is 26.3. The topological polar surface area (TPSA) is 79.3 Å². The number of carbonyl (C=O) groups is 2. The van der Waals surface area contributed by atoms with Gasteiger partial charge < -0.3 is 24.4 Å². The van der Waals surface area contributed by atoms with Crippen LogP contribution in [-0.2, 0) is 15.6 Å². The number of rotatable bonds is 2. The summed E-state index contributed by atoms with van der Waals surface area (Å²) in [4.78, 5) is 29.9. The SMILES string of the molecule is CC1(C)COc2cc3c(cc21)C1(CO3)C(=O)N(CC2CCN(C(=O)O)C(C(C)(C)C)C2)c2ccccc21. The van der Waals surface area contributed by atoms with E-state index in [-0.39, 0.29) is 35.3 Å². The molecule has 0 bridgehead atoms. The summed E-state index contributed by atoms with van der Waals surface area (Å²) in [5.74, 6) is 1.83. The summed E-state index contributed by atoms with van der Waals surface area (Å²) in [6, 6.07) is 12.1. The minimum Gasteiger partial charge on any atom is -0.492 e. The lowest BCUT2D eigenvalue weighted by atomic mass is 9.75. The highest BCUT2D eigenvalue weighted by Gasteiger charge is 2.58. The normalized spacial score (nSPS) is 27.5. The Balaban J connectivity index is 1.36. The van der Waals surface area contributed by atoms with E-state index in [2.05, 4.69) is 46.8 Å². The van der Waals surface area contributed by atoms with Gasteiger partial charge in [0.2, 0.25) is 5.91 Å². The van der Waals surface area contributed by atoms with Crippen molar-refractivity contribution in [2.24, 2.45) is 11.3 Å². The van der Waals surface area contributed by atoms with E-state index in [9.17, 15) is 14.7 Å². The molecule has 7 nitrogen and oxygen atoms in total. The third kappa shape index (κ3) is 3.46. The third-order valence-corrected chi connectivity index (χ3v) is 8.97. The molecule has 7 heteroatoms. The Bertz CT molecular complexity index is 1300. The van der Waals surface area contributed by atoms with Crippen LogP contribution in [0.2, 0.25) is 0 Å². The van der Waals surface area contributed by atoms with E-state index in [0.29, 0.717) is 19.7 Å². The quantitative estimate of drug-likeness (QED) is 0.609. The molecule has 4 heterocycles. The van der Waals surface area contributed by atoms with Crippen molar-refractivity contribution in [2.45, 2.75) is 64.3 Å². The molecule has 2 aromatic rings. The molecule has 2 amide bonds. The minimum absolute atomic E-state index is 0.0529. The van der Waals surface area contributed by atoms with Crippen molar-refractivity contribution in [1.29, 1.82) is 0 Å². The number of piperidine rings is 1. The van der Waals surface area contributed by atoms with Crippen molar-refractivity contribution in [1.82, 2.24) is 4.90 Å². The van der Waals surface area contributed by atoms with Gasteiger partial charge in [0.05, 0.1) is 6.61 Å². The average Bonchev–Trinajstić information content (AvgIpc) is 3.45. The van der Waals surface area contributed by atoms with Crippen molar-refractivity contribution in [2.75, 3.05) is 31.2 Å². The van der Waals surface area contributed by atoms with Crippen LogP contribution >= 0.6 is 0 Å². The Hall–Kier alpha value is -3.22. The Labute approximate surface area is 218 Å². The van der Waals surface area contributed by atoms with Gasteiger partial charge in [-0.25, -0.2) is 4.79 Å². The highest BCUT2D eigenvalue weighted by molar-refractivity contribution is 6.11. The number of carbonyl (C=O) groups excluding carboxylic acids is 1. The first-order chi connectivity index (χ1) is 17.4. The molecule has 0 aromatic heterocycles. The Morgan fingerprint density at radius 3 is 2.49 bits per heavy atom. The Morgan fingerprint density at radius 2 is 1.76 bits per heavy atom. The van der Waals surface area contributed by atoms with E-state index in [4.69, 9.17) is 9.47 Å². The standard InChI is InChI=1S/C30H36N2O5/c1-28(2,3)25-12-18(10-11-31(25)27(34)35)15-32-22-9-7-6-8-19(22)30(26(32)33)17-37-24-14-23-20(13-21(24)30)29(4,5)16-36-23/h6-9,13-14,18,25H,10-12,15-17H2,1-5H3,(H,34,35). The highest BCUT2D eigenvalue weighted by Crippen LogP contribution is 2.55. The summed E-state index contributed by atoms with van der Waals surface area (Å²) in [6.45, 7) is 12.6. The van der Waals surface area contributed by atoms with Gasteiger partial charge in [-0.1, -0.05) is 52.8 Å². The second-order valence-electron chi connectivity index (χ2n) is 12.9. The summed E-state index contributed by atoms with van der Waals surface area (Å²) in [7, 11) is 0. The predicted molar refractivity (Wildman–Crippen MR) is 141 cm³/mol. The van der Waals surface area contributed by atoms with Gasteiger partial charge in [-0.3, -0.25) is 4.79 Å². The van der Waals surface area contributed by atoms with Gasteiger partial charge in [0, 0.05) is 47.4 Å². The molecule has 0 saturated carbocycles. The first-order valence-corrected chi connectivity index (χ1v) is 13.3. The van der Waals surface area contributed by atoms with E-state index in [1.807, 2.05) is 29.2 Å². The van der Waals surface area contributed by atoms with Crippen LogP contribution < -0.4 is 14.4 Å². The number of para-hydroxylation sites is 1. The van der Waals surface area contributed by atoms with E-state index in [1.165, 1.54) is 0 Å². The second-order valence-corrected chi connectivity index (χ2v) is 12.9. The number of ether oxygens (including phenoxy) is 2. The fourth-order valence-electron chi connectivity index (χ4n) is 6.88. The van der Waals surface area contributed by atoms with E-state index in [0.717, 1.165) is 46.7 Å². The van der Waals surface area contributed by atoms with E-state index >= 15 is 0 Å². The number of hydrogen-bond acceptors (Lipinski definition) is 4. The first kappa shape index (κ1) is 24.1. The average molecular weight is 505 g/mol. The van der Waals surface area contributed by atoms with Gasteiger partial charge in [0.25, 0.3) is 0 Å². The summed E-state index contributed by atoms with van der Waals surface area (Å²) in [6.07, 6.45) is 0.615. The number of benzene rings is 2. The van der Waals surface area contributed by atoms with Crippen molar-refractivity contribution in [3.63, 3.8) is 0 Å². The lowest BCUT2D eigenvalue weighted by Crippen LogP contribution is -2.53. The Morgan fingerprint density at radius 1 is 1.05 bits per heavy atom. The molecule has 3 unspecified atom stereocenters. The zero-order valence-corrected chi connectivity index (χ0v) is 22.3. The molecule has 37 heavy (non-hydrogen) atoms. The predicted octanol–water partition coefficient (Wildman–Crippen LogP) is 5.19. The molecular weight excluding hydrogens is 468 g/mol. The lowest BCUT2D eigenvalue weighted by Gasteiger charge is -2.45. The lowest BCUT2D eigenvalue weighted by molar-refractivity contribution is -0.122. The zero-order valence-electron chi connectivity index (χ0n) is 22.3.